The van der Waals surface area contributed by atoms with E-state index in [-0.39, 0.29) is 11.7 Å². The van der Waals surface area contributed by atoms with Crippen molar-refractivity contribution >= 4 is 23.5 Å². The van der Waals surface area contributed by atoms with Crippen molar-refractivity contribution in [3.05, 3.63) is 89.2 Å². The number of amides is 2. The normalized spacial score (nSPS) is 11.1. The first-order valence-corrected chi connectivity index (χ1v) is 10.3. The summed E-state index contributed by atoms with van der Waals surface area (Å²) in [4.78, 5) is 37.7. The highest BCUT2D eigenvalue weighted by Crippen LogP contribution is 2.23. The standard InChI is InChI=1S/C26H25FN2O4/c1-16-5-14-21(15-22(16)27)28-23(30)19-10-6-17(7-11-19)18-8-12-20(13-9-18)24(31)29(4)26(2,3)25(32)33/h5-15H,1-4H3,(H,28,30)(H,32,33). The number of carbonyl (C=O) groups is 3. The van der Waals surface area contributed by atoms with E-state index < -0.39 is 17.4 Å². The number of carboxylic acid groups (broad SMARTS) is 1. The van der Waals surface area contributed by atoms with E-state index in [1.807, 2.05) is 0 Å². The number of hydrogen-bond acceptors (Lipinski definition) is 3. The molecule has 2 amide bonds. The quantitative estimate of drug-likeness (QED) is 0.556. The molecular weight excluding hydrogens is 423 g/mol. The Morgan fingerprint density at radius 1 is 0.879 bits per heavy atom. The van der Waals surface area contributed by atoms with Crippen LogP contribution in [0.25, 0.3) is 11.1 Å². The Morgan fingerprint density at radius 2 is 1.39 bits per heavy atom. The minimum Gasteiger partial charge on any atom is -0.480 e. The lowest BCUT2D eigenvalue weighted by Crippen LogP contribution is -2.50. The van der Waals surface area contributed by atoms with Crippen LogP contribution in [-0.4, -0.2) is 40.4 Å². The molecule has 0 saturated carbocycles. The van der Waals surface area contributed by atoms with Gasteiger partial charge in [0, 0.05) is 23.9 Å². The van der Waals surface area contributed by atoms with Crippen molar-refractivity contribution in [2.75, 3.05) is 12.4 Å². The molecule has 6 nitrogen and oxygen atoms in total. The van der Waals surface area contributed by atoms with Gasteiger partial charge in [-0.3, -0.25) is 9.59 Å². The monoisotopic (exact) mass is 448 g/mol. The number of nitrogens with zero attached hydrogens (tertiary/aromatic N) is 1. The SMILES string of the molecule is Cc1ccc(NC(=O)c2ccc(-c3ccc(C(=O)N(C)C(C)(C)C(=O)O)cc3)cc2)cc1F. The fourth-order valence-electron chi connectivity index (χ4n) is 3.08. The van der Waals surface area contributed by atoms with E-state index in [1.165, 1.54) is 31.9 Å². The van der Waals surface area contributed by atoms with Gasteiger partial charge in [-0.1, -0.05) is 30.3 Å². The maximum Gasteiger partial charge on any atom is 0.329 e. The summed E-state index contributed by atoms with van der Waals surface area (Å²) in [5.41, 5.74) is 2.01. The number of carbonyl (C=O) groups excluding carboxylic acids is 2. The Kier molecular flexibility index (Phi) is 6.62. The first kappa shape index (κ1) is 23.7. The molecule has 0 aromatic heterocycles. The summed E-state index contributed by atoms with van der Waals surface area (Å²) >= 11 is 0. The molecule has 3 aromatic carbocycles. The van der Waals surface area contributed by atoms with Crippen LogP contribution < -0.4 is 5.32 Å². The molecule has 0 fully saturated rings. The van der Waals surface area contributed by atoms with Crippen LogP contribution in [-0.2, 0) is 4.79 Å². The topological polar surface area (TPSA) is 86.7 Å². The summed E-state index contributed by atoms with van der Waals surface area (Å²) in [7, 11) is 1.46. The van der Waals surface area contributed by atoms with E-state index in [4.69, 9.17) is 0 Å². The summed E-state index contributed by atoms with van der Waals surface area (Å²) in [6.07, 6.45) is 0. The molecule has 0 spiro atoms. The van der Waals surface area contributed by atoms with Crippen molar-refractivity contribution in [2.24, 2.45) is 0 Å². The number of carboxylic acids is 1. The van der Waals surface area contributed by atoms with Crippen LogP contribution in [0.5, 0.6) is 0 Å². The molecule has 0 atom stereocenters. The summed E-state index contributed by atoms with van der Waals surface area (Å²) < 4.78 is 13.7. The van der Waals surface area contributed by atoms with Crippen LogP contribution >= 0.6 is 0 Å². The molecule has 0 radical (unpaired) electrons. The first-order chi connectivity index (χ1) is 15.5. The van der Waals surface area contributed by atoms with Crippen LogP contribution in [0.1, 0.15) is 40.1 Å². The number of anilines is 1. The molecule has 0 unspecified atom stereocenters. The van der Waals surface area contributed by atoms with Crippen molar-refractivity contribution in [1.29, 1.82) is 0 Å². The molecular formula is C26H25FN2O4. The molecule has 0 bridgehead atoms. The Labute approximate surface area is 191 Å². The summed E-state index contributed by atoms with van der Waals surface area (Å²) in [6.45, 7) is 4.58. The number of nitrogens with one attached hydrogen (secondary N) is 1. The Morgan fingerprint density at radius 3 is 1.88 bits per heavy atom. The Bertz CT molecular complexity index is 1200. The molecule has 170 valence electrons. The van der Waals surface area contributed by atoms with E-state index in [1.54, 1.807) is 67.6 Å². The minimum absolute atomic E-state index is 0.352. The number of hydrogen-bond donors (Lipinski definition) is 2. The van der Waals surface area contributed by atoms with Gasteiger partial charge in [-0.15, -0.1) is 0 Å². The highest BCUT2D eigenvalue weighted by molar-refractivity contribution is 6.04. The van der Waals surface area contributed by atoms with Gasteiger partial charge in [0.25, 0.3) is 11.8 Å². The van der Waals surface area contributed by atoms with E-state index in [0.29, 0.717) is 22.4 Å². The fourth-order valence-corrected chi connectivity index (χ4v) is 3.08. The fraction of sp³-hybridized carbons (Fsp3) is 0.192. The second kappa shape index (κ2) is 9.24. The molecule has 0 aliphatic rings. The molecule has 0 aliphatic heterocycles. The number of rotatable bonds is 6. The number of benzene rings is 3. The molecule has 0 aliphatic carbocycles. The van der Waals surface area contributed by atoms with E-state index in [0.717, 1.165) is 11.1 Å². The lowest BCUT2D eigenvalue weighted by Gasteiger charge is -2.31. The third kappa shape index (κ3) is 5.09. The highest BCUT2D eigenvalue weighted by Gasteiger charge is 2.35. The van der Waals surface area contributed by atoms with Crippen LogP contribution in [0.2, 0.25) is 0 Å². The number of halogens is 1. The van der Waals surface area contributed by atoms with Gasteiger partial charge in [0.15, 0.2) is 0 Å². The highest BCUT2D eigenvalue weighted by atomic mass is 19.1. The van der Waals surface area contributed by atoms with Crippen LogP contribution in [0.4, 0.5) is 10.1 Å². The maximum atomic E-state index is 13.7. The maximum absolute atomic E-state index is 13.7. The van der Waals surface area contributed by atoms with Gasteiger partial charge < -0.3 is 15.3 Å². The van der Waals surface area contributed by atoms with E-state index >= 15 is 0 Å². The van der Waals surface area contributed by atoms with Gasteiger partial charge in [-0.2, -0.15) is 0 Å². The second-order valence-electron chi connectivity index (χ2n) is 8.30. The van der Waals surface area contributed by atoms with Gasteiger partial charge in [0.1, 0.15) is 11.4 Å². The van der Waals surface area contributed by atoms with E-state index in [9.17, 15) is 23.9 Å². The van der Waals surface area contributed by atoms with Gasteiger partial charge in [-0.05, 0) is 73.9 Å². The van der Waals surface area contributed by atoms with Crippen LogP contribution in [0.15, 0.2) is 66.7 Å². The summed E-state index contributed by atoms with van der Waals surface area (Å²) in [5, 5.41) is 12.0. The summed E-state index contributed by atoms with van der Waals surface area (Å²) in [6, 6.07) is 18.2. The van der Waals surface area contributed by atoms with Crippen molar-refractivity contribution in [3.8, 4) is 11.1 Å². The third-order valence-electron chi connectivity index (χ3n) is 5.71. The molecule has 0 saturated heterocycles. The molecule has 2 N–H and O–H groups in total. The third-order valence-corrected chi connectivity index (χ3v) is 5.71. The molecule has 0 heterocycles. The predicted molar refractivity (Wildman–Crippen MR) is 125 cm³/mol. The average molecular weight is 448 g/mol. The first-order valence-electron chi connectivity index (χ1n) is 10.3. The molecule has 7 heteroatoms. The zero-order chi connectivity index (χ0) is 24.3. The van der Waals surface area contributed by atoms with E-state index in [2.05, 4.69) is 5.32 Å². The number of aryl methyl sites for hydroxylation is 1. The largest absolute Gasteiger partial charge is 0.480 e. The smallest absolute Gasteiger partial charge is 0.329 e. The minimum atomic E-state index is -1.34. The lowest BCUT2D eigenvalue weighted by atomic mass is 10.00. The summed E-state index contributed by atoms with van der Waals surface area (Å²) in [5.74, 6) is -2.22. The molecule has 3 rings (SSSR count). The Hall–Kier alpha value is -4.00. The van der Waals surface area contributed by atoms with Crippen LogP contribution in [0.3, 0.4) is 0 Å². The van der Waals surface area contributed by atoms with Gasteiger partial charge in [0.05, 0.1) is 0 Å². The molecule has 3 aromatic rings. The van der Waals surface area contributed by atoms with Crippen molar-refractivity contribution < 1.29 is 23.9 Å². The van der Waals surface area contributed by atoms with Gasteiger partial charge in [-0.25, -0.2) is 9.18 Å². The molecule has 33 heavy (non-hydrogen) atoms. The number of likely N-dealkylation sites (N-methyl/N-ethyl adjacent to an activating group) is 1. The van der Waals surface area contributed by atoms with Gasteiger partial charge >= 0.3 is 5.97 Å². The zero-order valence-corrected chi connectivity index (χ0v) is 18.8. The average Bonchev–Trinajstić information content (AvgIpc) is 2.80. The predicted octanol–water partition coefficient (Wildman–Crippen LogP) is 4.99. The van der Waals surface area contributed by atoms with Crippen LogP contribution in [0, 0.1) is 12.7 Å². The zero-order valence-electron chi connectivity index (χ0n) is 18.8. The Balaban J connectivity index is 1.72. The van der Waals surface area contributed by atoms with Crippen molar-refractivity contribution in [2.45, 2.75) is 26.3 Å². The van der Waals surface area contributed by atoms with Gasteiger partial charge in [0.2, 0.25) is 0 Å². The second-order valence-corrected chi connectivity index (χ2v) is 8.30. The number of aliphatic carboxylic acids is 1. The lowest BCUT2D eigenvalue weighted by molar-refractivity contribution is -0.147. The van der Waals surface area contributed by atoms with Crippen molar-refractivity contribution in [1.82, 2.24) is 4.90 Å². The van der Waals surface area contributed by atoms with Crippen molar-refractivity contribution in [3.63, 3.8) is 0 Å².